The normalized spacial score (nSPS) is 18.7. The number of amides is 2. The first-order valence-corrected chi connectivity index (χ1v) is 12.5. The highest BCUT2D eigenvalue weighted by atomic mass is 16.5. The number of hydrogen-bond donors (Lipinski definition) is 0. The Hall–Kier alpha value is -3.29. The predicted octanol–water partition coefficient (Wildman–Crippen LogP) is 3.92. The molecule has 0 bridgehead atoms. The maximum Gasteiger partial charge on any atom is 0.342 e. The molecule has 1 atom stereocenters. The molecule has 1 aliphatic heterocycles. The maximum absolute atomic E-state index is 13.8. The van der Waals surface area contributed by atoms with E-state index in [0.29, 0.717) is 31.2 Å². The molecule has 1 aromatic heterocycles. The number of methoxy groups -OCH3 is 1. The van der Waals surface area contributed by atoms with Crippen molar-refractivity contribution in [2.24, 2.45) is 5.92 Å². The Morgan fingerprint density at radius 1 is 1.03 bits per heavy atom. The van der Waals surface area contributed by atoms with Crippen LogP contribution in [0.1, 0.15) is 78.9 Å². The van der Waals surface area contributed by atoms with Crippen molar-refractivity contribution in [3.63, 3.8) is 0 Å². The Morgan fingerprint density at radius 2 is 1.71 bits per heavy atom. The fourth-order valence-electron chi connectivity index (χ4n) is 5.10. The SMILES string of the molecule is COC(=O)c1c(C(=O)N2CCN(C(=O)C3CCCC3)C(C)C2)nc(-c2ccccc2)nc1C(C)C. The minimum atomic E-state index is -0.625. The molecule has 2 aromatic rings. The summed E-state index contributed by atoms with van der Waals surface area (Å²) in [7, 11) is 1.29. The lowest BCUT2D eigenvalue weighted by Gasteiger charge is -2.41. The van der Waals surface area contributed by atoms with E-state index in [1.807, 2.05) is 56.0 Å². The van der Waals surface area contributed by atoms with Crippen LogP contribution in [-0.2, 0) is 9.53 Å². The standard InChI is InChI=1S/C27H34N4O4/c1-17(2)22-21(27(34)35-4)23(29-24(28-22)19-10-6-5-7-11-19)26(33)30-14-15-31(18(3)16-30)25(32)20-12-8-9-13-20/h5-7,10-11,17-18,20H,8-9,12-16H2,1-4H3. The molecule has 2 aliphatic rings. The largest absolute Gasteiger partial charge is 0.465 e. The van der Waals surface area contributed by atoms with Crippen molar-refractivity contribution >= 4 is 17.8 Å². The molecule has 8 nitrogen and oxygen atoms in total. The first-order chi connectivity index (χ1) is 16.8. The van der Waals surface area contributed by atoms with Gasteiger partial charge in [-0.15, -0.1) is 0 Å². The Morgan fingerprint density at radius 3 is 2.31 bits per heavy atom. The van der Waals surface area contributed by atoms with Gasteiger partial charge in [0.15, 0.2) is 5.82 Å². The highest BCUT2D eigenvalue weighted by Crippen LogP contribution is 2.29. The molecule has 2 amide bonds. The lowest BCUT2D eigenvalue weighted by atomic mass is 10.00. The van der Waals surface area contributed by atoms with Crippen LogP contribution in [0.3, 0.4) is 0 Å². The van der Waals surface area contributed by atoms with Crippen LogP contribution < -0.4 is 0 Å². The smallest absolute Gasteiger partial charge is 0.342 e. The summed E-state index contributed by atoms with van der Waals surface area (Å²) in [6.45, 7) is 7.08. The molecule has 1 saturated heterocycles. The van der Waals surface area contributed by atoms with Crippen LogP contribution in [0.2, 0.25) is 0 Å². The molecule has 2 heterocycles. The number of aromatic nitrogens is 2. The van der Waals surface area contributed by atoms with Crippen molar-refractivity contribution < 1.29 is 19.1 Å². The monoisotopic (exact) mass is 478 g/mol. The third-order valence-corrected chi connectivity index (χ3v) is 7.01. The number of nitrogens with zero attached hydrogens (tertiary/aromatic N) is 4. The first kappa shape index (κ1) is 24.8. The third kappa shape index (κ3) is 5.06. The number of rotatable bonds is 5. The average Bonchev–Trinajstić information content (AvgIpc) is 3.42. The van der Waals surface area contributed by atoms with Gasteiger partial charge in [0.05, 0.1) is 12.8 Å². The number of piperazine rings is 1. The summed E-state index contributed by atoms with van der Waals surface area (Å²) >= 11 is 0. The lowest BCUT2D eigenvalue weighted by Crippen LogP contribution is -2.56. The van der Waals surface area contributed by atoms with Gasteiger partial charge in [0.2, 0.25) is 5.91 Å². The number of ether oxygens (including phenoxy) is 1. The van der Waals surface area contributed by atoms with Crippen LogP contribution in [0, 0.1) is 5.92 Å². The second-order valence-electron chi connectivity index (χ2n) is 9.78. The quantitative estimate of drug-likeness (QED) is 0.605. The Balaban J connectivity index is 1.67. The van der Waals surface area contributed by atoms with Crippen LogP contribution in [0.15, 0.2) is 30.3 Å². The summed E-state index contributed by atoms with van der Waals surface area (Å²) in [6.07, 6.45) is 4.12. The Kier molecular flexibility index (Phi) is 7.48. The van der Waals surface area contributed by atoms with E-state index in [2.05, 4.69) is 9.97 Å². The van der Waals surface area contributed by atoms with Crippen molar-refractivity contribution in [3.8, 4) is 11.4 Å². The van der Waals surface area contributed by atoms with Crippen molar-refractivity contribution in [2.45, 2.75) is 58.4 Å². The van der Waals surface area contributed by atoms with Crippen molar-refractivity contribution in [1.82, 2.24) is 19.8 Å². The minimum Gasteiger partial charge on any atom is -0.465 e. The molecule has 1 aliphatic carbocycles. The molecule has 2 fully saturated rings. The fraction of sp³-hybridized carbons (Fsp3) is 0.519. The van der Waals surface area contributed by atoms with Gasteiger partial charge in [0, 0.05) is 37.2 Å². The van der Waals surface area contributed by atoms with Gasteiger partial charge in [0.25, 0.3) is 5.91 Å². The van der Waals surface area contributed by atoms with Gasteiger partial charge in [-0.2, -0.15) is 0 Å². The summed E-state index contributed by atoms with van der Waals surface area (Å²) in [6, 6.07) is 9.30. The molecule has 1 unspecified atom stereocenters. The van der Waals surface area contributed by atoms with E-state index in [-0.39, 0.29) is 40.9 Å². The summed E-state index contributed by atoms with van der Waals surface area (Å²) in [4.78, 5) is 52.5. The summed E-state index contributed by atoms with van der Waals surface area (Å²) < 4.78 is 5.03. The van der Waals surface area contributed by atoms with Crippen LogP contribution in [-0.4, -0.2) is 70.3 Å². The lowest BCUT2D eigenvalue weighted by molar-refractivity contribution is -0.139. The zero-order chi connectivity index (χ0) is 25.1. The van der Waals surface area contributed by atoms with Gasteiger partial charge in [-0.25, -0.2) is 14.8 Å². The zero-order valence-corrected chi connectivity index (χ0v) is 21.0. The van der Waals surface area contributed by atoms with E-state index in [0.717, 1.165) is 31.2 Å². The van der Waals surface area contributed by atoms with Crippen molar-refractivity contribution in [3.05, 3.63) is 47.3 Å². The molecular weight excluding hydrogens is 444 g/mol. The molecule has 186 valence electrons. The number of esters is 1. The first-order valence-electron chi connectivity index (χ1n) is 12.5. The zero-order valence-electron chi connectivity index (χ0n) is 21.0. The Labute approximate surface area is 206 Å². The molecule has 1 aromatic carbocycles. The summed E-state index contributed by atoms with van der Waals surface area (Å²) in [5.41, 5.74) is 1.42. The van der Waals surface area contributed by atoms with E-state index in [9.17, 15) is 14.4 Å². The fourth-order valence-corrected chi connectivity index (χ4v) is 5.10. The highest BCUT2D eigenvalue weighted by molar-refractivity contribution is 6.05. The van der Waals surface area contributed by atoms with Crippen LogP contribution in [0.25, 0.3) is 11.4 Å². The van der Waals surface area contributed by atoms with E-state index >= 15 is 0 Å². The number of carbonyl (C=O) groups excluding carboxylic acids is 3. The molecular formula is C27H34N4O4. The van der Waals surface area contributed by atoms with Crippen molar-refractivity contribution in [2.75, 3.05) is 26.7 Å². The molecule has 35 heavy (non-hydrogen) atoms. The van der Waals surface area contributed by atoms with Gasteiger partial charge >= 0.3 is 5.97 Å². The van der Waals surface area contributed by atoms with Gasteiger partial charge in [-0.05, 0) is 25.7 Å². The van der Waals surface area contributed by atoms with E-state index < -0.39 is 5.97 Å². The molecule has 0 N–H and O–H groups in total. The second kappa shape index (κ2) is 10.5. The van der Waals surface area contributed by atoms with Crippen LogP contribution in [0.4, 0.5) is 0 Å². The number of carbonyl (C=O) groups is 3. The van der Waals surface area contributed by atoms with Gasteiger partial charge < -0.3 is 14.5 Å². The second-order valence-corrected chi connectivity index (χ2v) is 9.78. The van der Waals surface area contributed by atoms with Gasteiger partial charge in [0.1, 0.15) is 11.3 Å². The van der Waals surface area contributed by atoms with Gasteiger partial charge in [-0.1, -0.05) is 57.0 Å². The Bertz CT molecular complexity index is 1100. The minimum absolute atomic E-state index is 0.0529. The molecule has 4 rings (SSSR count). The number of hydrogen-bond acceptors (Lipinski definition) is 6. The predicted molar refractivity (Wildman–Crippen MR) is 132 cm³/mol. The summed E-state index contributed by atoms with van der Waals surface area (Å²) in [5, 5.41) is 0. The summed E-state index contributed by atoms with van der Waals surface area (Å²) in [5.74, 6) is -0.386. The van der Waals surface area contributed by atoms with Crippen LogP contribution in [0.5, 0.6) is 0 Å². The van der Waals surface area contributed by atoms with Gasteiger partial charge in [-0.3, -0.25) is 9.59 Å². The van der Waals surface area contributed by atoms with E-state index in [1.54, 1.807) is 4.90 Å². The van der Waals surface area contributed by atoms with E-state index in [1.165, 1.54) is 7.11 Å². The molecule has 0 radical (unpaired) electrons. The highest BCUT2D eigenvalue weighted by Gasteiger charge is 2.37. The van der Waals surface area contributed by atoms with Crippen LogP contribution >= 0.6 is 0 Å². The average molecular weight is 479 g/mol. The van der Waals surface area contributed by atoms with E-state index in [4.69, 9.17) is 4.74 Å². The molecule has 0 spiro atoms. The molecule has 1 saturated carbocycles. The maximum atomic E-state index is 13.8. The van der Waals surface area contributed by atoms with Crippen molar-refractivity contribution in [1.29, 1.82) is 0 Å². The number of benzene rings is 1. The third-order valence-electron chi connectivity index (χ3n) is 7.01. The topological polar surface area (TPSA) is 92.7 Å². The molecule has 8 heteroatoms.